The number of nitrogens with one attached hydrogen (secondary N) is 3. The van der Waals surface area contributed by atoms with Crippen LogP contribution in [-0.4, -0.2) is 55.2 Å². The fraction of sp³-hybridized carbons (Fsp3) is 0.357. The van der Waals surface area contributed by atoms with Gasteiger partial charge in [0.2, 0.25) is 0 Å². The Morgan fingerprint density at radius 2 is 1.83 bits per heavy atom. The molecule has 36 heavy (non-hydrogen) atoms. The number of urea groups is 1. The van der Waals surface area contributed by atoms with Crippen molar-refractivity contribution in [2.75, 3.05) is 33.4 Å². The first-order chi connectivity index (χ1) is 17.6. The van der Waals surface area contributed by atoms with E-state index in [2.05, 4.69) is 44.8 Å². The maximum atomic E-state index is 13.1. The number of nitrogens with zero attached hydrogens (tertiary/aromatic N) is 1. The summed E-state index contributed by atoms with van der Waals surface area (Å²) in [6.45, 7) is 4.26. The molecule has 1 unspecified atom stereocenters. The molecule has 1 saturated heterocycles. The number of aromatic amines is 1. The van der Waals surface area contributed by atoms with Crippen molar-refractivity contribution < 1.29 is 19.1 Å². The second-order valence-electron chi connectivity index (χ2n) is 9.28. The fourth-order valence-corrected chi connectivity index (χ4v) is 5.18. The van der Waals surface area contributed by atoms with Crippen molar-refractivity contribution in [1.82, 2.24) is 20.5 Å². The van der Waals surface area contributed by atoms with Gasteiger partial charge in [-0.1, -0.05) is 30.3 Å². The van der Waals surface area contributed by atoms with Gasteiger partial charge in [0.15, 0.2) is 0 Å². The van der Waals surface area contributed by atoms with Crippen LogP contribution in [0.3, 0.4) is 0 Å². The number of likely N-dealkylation sites (tertiary alicyclic amines) is 1. The molecule has 1 aromatic heterocycles. The summed E-state index contributed by atoms with van der Waals surface area (Å²) in [5.41, 5.74) is 4.28. The van der Waals surface area contributed by atoms with Crippen molar-refractivity contribution in [1.29, 1.82) is 0 Å². The van der Waals surface area contributed by atoms with E-state index in [1.165, 1.54) is 16.6 Å². The van der Waals surface area contributed by atoms with Gasteiger partial charge in [-0.15, -0.1) is 0 Å². The number of piperidine rings is 1. The van der Waals surface area contributed by atoms with Crippen molar-refractivity contribution in [3.63, 3.8) is 0 Å². The molecule has 188 valence electrons. The largest absolute Gasteiger partial charge is 0.497 e. The summed E-state index contributed by atoms with van der Waals surface area (Å²) in [6.07, 6.45) is 2.01. The number of hydrogen-bond donors (Lipinski definition) is 3. The number of para-hydroxylation sites is 1. The molecule has 8 nitrogen and oxygen atoms in total. The standard InChI is InChI=1S/C28H32N4O4/c1-3-36-27(33)25-24(30-28(34)31-26(25)19-8-10-21(35-2)11-9-19)17-32-14-12-18(13-15-32)23-16-20-6-4-5-7-22(20)29-23/h4-11,16,18,26,29H,3,12-15,17H2,1-2H3,(H2,30,31,34). The molecule has 0 bridgehead atoms. The fourth-order valence-electron chi connectivity index (χ4n) is 5.18. The second kappa shape index (κ2) is 10.5. The Hall–Kier alpha value is -3.78. The van der Waals surface area contributed by atoms with E-state index in [-0.39, 0.29) is 12.6 Å². The molecule has 0 aliphatic carbocycles. The number of esters is 1. The average molecular weight is 489 g/mol. The zero-order chi connectivity index (χ0) is 25.1. The average Bonchev–Trinajstić information content (AvgIpc) is 3.33. The van der Waals surface area contributed by atoms with Crippen LogP contribution in [0.5, 0.6) is 5.75 Å². The molecule has 2 aliphatic rings. The Morgan fingerprint density at radius 3 is 2.53 bits per heavy atom. The van der Waals surface area contributed by atoms with E-state index in [1.54, 1.807) is 14.0 Å². The number of hydrogen-bond acceptors (Lipinski definition) is 5. The topological polar surface area (TPSA) is 95.7 Å². The van der Waals surface area contributed by atoms with E-state index < -0.39 is 12.0 Å². The highest BCUT2D eigenvalue weighted by molar-refractivity contribution is 5.95. The number of rotatable bonds is 7. The number of H-pyrrole nitrogens is 1. The number of aromatic nitrogens is 1. The van der Waals surface area contributed by atoms with E-state index in [0.717, 1.165) is 31.5 Å². The van der Waals surface area contributed by atoms with Crippen LogP contribution in [0.25, 0.3) is 10.9 Å². The van der Waals surface area contributed by atoms with Gasteiger partial charge in [-0.3, -0.25) is 4.90 Å². The van der Waals surface area contributed by atoms with Gasteiger partial charge < -0.3 is 25.1 Å². The summed E-state index contributed by atoms with van der Waals surface area (Å²) < 4.78 is 10.7. The number of carbonyl (C=O) groups is 2. The summed E-state index contributed by atoms with van der Waals surface area (Å²) in [4.78, 5) is 31.5. The van der Waals surface area contributed by atoms with Crippen LogP contribution in [0.2, 0.25) is 0 Å². The molecule has 0 radical (unpaired) electrons. The van der Waals surface area contributed by atoms with Gasteiger partial charge in [0.05, 0.1) is 25.3 Å². The quantitative estimate of drug-likeness (QED) is 0.433. The van der Waals surface area contributed by atoms with Crippen LogP contribution in [-0.2, 0) is 9.53 Å². The minimum atomic E-state index is -0.595. The van der Waals surface area contributed by atoms with Gasteiger partial charge in [0.1, 0.15) is 5.75 Å². The van der Waals surface area contributed by atoms with E-state index >= 15 is 0 Å². The molecule has 1 atom stereocenters. The minimum Gasteiger partial charge on any atom is -0.497 e. The van der Waals surface area contributed by atoms with E-state index in [1.807, 2.05) is 30.3 Å². The maximum absolute atomic E-state index is 13.1. The summed E-state index contributed by atoms with van der Waals surface area (Å²) in [7, 11) is 1.60. The Morgan fingerprint density at radius 1 is 1.08 bits per heavy atom. The normalized spacial score (nSPS) is 19.2. The molecule has 2 aliphatic heterocycles. The van der Waals surface area contributed by atoms with E-state index in [9.17, 15) is 9.59 Å². The lowest BCUT2D eigenvalue weighted by Gasteiger charge is -2.35. The van der Waals surface area contributed by atoms with Crippen molar-refractivity contribution in [3.8, 4) is 5.75 Å². The Kier molecular flexibility index (Phi) is 6.95. The molecule has 3 N–H and O–H groups in total. The maximum Gasteiger partial charge on any atom is 0.338 e. The number of amides is 2. The lowest BCUT2D eigenvalue weighted by atomic mass is 9.92. The molecule has 0 spiro atoms. The van der Waals surface area contributed by atoms with Crippen LogP contribution in [0, 0.1) is 0 Å². The number of fused-ring (bicyclic) bond motifs is 1. The van der Waals surface area contributed by atoms with Gasteiger partial charge in [-0.25, -0.2) is 9.59 Å². The highest BCUT2D eigenvalue weighted by Gasteiger charge is 2.35. The van der Waals surface area contributed by atoms with E-state index in [0.29, 0.717) is 29.5 Å². The molecule has 2 amide bonds. The molecule has 2 aromatic carbocycles. The smallest absolute Gasteiger partial charge is 0.338 e. The zero-order valence-corrected chi connectivity index (χ0v) is 20.7. The van der Waals surface area contributed by atoms with Gasteiger partial charge in [0, 0.05) is 29.4 Å². The predicted octanol–water partition coefficient (Wildman–Crippen LogP) is 4.23. The predicted molar refractivity (Wildman–Crippen MR) is 138 cm³/mol. The molecule has 5 rings (SSSR count). The van der Waals surface area contributed by atoms with E-state index in [4.69, 9.17) is 9.47 Å². The molecule has 8 heteroatoms. The molecule has 0 saturated carbocycles. The third-order valence-electron chi connectivity index (χ3n) is 7.06. The van der Waals surface area contributed by atoms with Crippen LogP contribution in [0.15, 0.2) is 65.9 Å². The minimum absolute atomic E-state index is 0.259. The molecular weight excluding hydrogens is 456 g/mol. The van der Waals surface area contributed by atoms with Crippen molar-refractivity contribution in [2.45, 2.75) is 31.7 Å². The monoisotopic (exact) mass is 488 g/mol. The van der Waals surface area contributed by atoms with Crippen molar-refractivity contribution >= 4 is 22.9 Å². The lowest BCUT2D eigenvalue weighted by Crippen LogP contribution is -2.49. The molecule has 3 heterocycles. The first kappa shape index (κ1) is 23.9. The second-order valence-corrected chi connectivity index (χ2v) is 9.28. The Labute approximate surface area is 210 Å². The first-order valence-corrected chi connectivity index (χ1v) is 12.5. The third-order valence-corrected chi connectivity index (χ3v) is 7.06. The Balaban J connectivity index is 1.35. The van der Waals surface area contributed by atoms with Gasteiger partial charge >= 0.3 is 12.0 Å². The molecular formula is C28H32N4O4. The van der Waals surface area contributed by atoms with Crippen LogP contribution in [0.1, 0.15) is 43.0 Å². The summed E-state index contributed by atoms with van der Waals surface area (Å²) >= 11 is 0. The number of benzene rings is 2. The van der Waals surface area contributed by atoms with Gasteiger partial charge in [0.25, 0.3) is 0 Å². The first-order valence-electron chi connectivity index (χ1n) is 12.5. The highest BCUT2D eigenvalue weighted by Crippen LogP contribution is 2.32. The van der Waals surface area contributed by atoms with Crippen molar-refractivity contribution in [3.05, 3.63) is 77.1 Å². The number of carbonyl (C=O) groups excluding carboxylic acids is 2. The Bertz CT molecular complexity index is 1240. The zero-order valence-electron chi connectivity index (χ0n) is 20.7. The summed E-state index contributed by atoms with van der Waals surface area (Å²) in [5.74, 6) is 0.745. The highest BCUT2D eigenvalue weighted by atomic mass is 16.5. The van der Waals surface area contributed by atoms with Crippen LogP contribution >= 0.6 is 0 Å². The van der Waals surface area contributed by atoms with Gasteiger partial charge in [-0.2, -0.15) is 0 Å². The lowest BCUT2D eigenvalue weighted by molar-refractivity contribution is -0.139. The van der Waals surface area contributed by atoms with Gasteiger partial charge in [-0.05, 0) is 68.1 Å². The third kappa shape index (κ3) is 4.95. The molecule has 3 aromatic rings. The SMILES string of the molecule is CCOC(=O)C1=C(CN2CCC(c3cc4ccccc4[nH]3)CC2)NC(=O)NC1c1ccc(OC)cc1. The van der Waals surface area contributed by atoms with Crippen molar-refractivity contribution in [2.24, 2.45) is 0 Å². The number of methoxy groups -OCH3 is 1. The summed E-state index contributed by atoms with van der Waals surface area (Å²) in [5, 5.41) is 7.03. The van der Waals surface area contributed by atoms with Crippen LogP contribution < -0.4 is 15.4 Å². The molecule has 1 fully saturated rings. The summed E-state index contributed by atoms with van der Waals surface area (Å²) in [6, 6.07) is 17.0. The van der Waals surface area contributed by atoms with Crippen LogP contribution in [0.4, 0.5) is 4.79 Å². The number of ether oxygens (including phenoxy) is 2.